The number of likely N-dealkylation sites (tertiary alicyclic amines) is 1. The maximum Gasteiger partial charge on any atom is 0.247 e. The number of amides is 2. The van der Waals surface area contributed by atoms with Gasteiger partial charge in [-0.3, -0.25) is 9.59 Å². The molecular formula is C20H39N5O2. The van der Waals surface area contributed by atoms with Crippen LogP contribution in [0.15, 0.2) is 11.9 Å². The fourth-order valence-corrected chi connectivity index (χ4v) is 3.27. The molecule has 2 fully saturated rings. The molecular weight excluding hydrogens is 342 g/mol. The normalized spacial score (nSPS) is 21.4. The molecule has 0 radical (unpaired) electrons. The van der Waals surface area contributed by atoms with Crippen LogP contribution in [0.4, 0.5) is 0 Å². The molecule has 2 rings (SSSR count). The highest BCUT2D eigenvalue weighted by atomic mass is 16.2. The topological polar surface area (TPSA) is 105 Å². The van der Waals surface area contributed by atoms with E-state index in [1.807, 2.05) is 18.7 Å². The van der Waals surface area contributed by atoms with Crippen molar-refractivity contribution in [2.45, 2.75) is 85.4 Å². The van der Waals surface area contributed by atoms with Crippen LogP contribution >= 0.6 is 0 Å². The Kier molecular flexibility index (Phi) is 8.59. The van der Waals surface area contributed by atoms with E-state index in [0.29, 0.717) is 18.4 Å². The Hall–Kier alpha value is -1.76. The maximum atomic E-state index is 12.9. The average Bonchev–Trinajstić information content (AvgIpc) is 3.28. The minimum Gasteiger partial charge on any atom is -0.401 e. The molecule has 5 N–H and O–H groups in total. The molecule has 7 nitrogen and oxygen atoms in total. The Labute approximate surface area is 164 Å². The summed E-state index contributed by atoms with van der Waals surface area (Å²) < 4.78 is 0. The summed E-state index contributed by atoms with van der Waals surface area (Å²) in [5, 5.41) is 4.07. The van der Waals surface area contributed by atoms with Gasteiger partial charge in [-0.05, 0) is 51.9 Å². The summed E-state index contributed by atoms with van der Waals surface area (Å²) in [7, 11) is 0. The molecule has 2 aliphatic rings. The van der Waals surface area contributed by atoms with Crippen LogP contribution in [0.3, 0.4) is 0 Å². The molecule has 2 atom stereocenters. The van der Waals surface area contributed by atoms with Gasteiger partial charge >= 0.3 is 0 Å². The molecule has 1 saturated heterocycles. The molecule has 1 heterocycles. The zero-order chi connectivity index (χ0) is 20.8. The third kappa shape index (κ3) is 7.40. The molecule has 0 bridgehead atoms. The molecule has 2 unspecified atom stereocenters. The third-order valence-corrected chi connectivity index (χ3v) is 4.94. The quantitative estimate of drug-likeness (QED) is 0.370. The van der Waals surface area contributed by atoms with Crippen LogP contribution in [0.25, 0.3) is 0 Å². The van der Waals surface area contributed by atoms with Gasteiger partial charge in [0.25, 0.3) is 0 Å². The van der Waals surface area contributed by atoms with Gasteiger partial charge in [0.1, 0.15) is 6.04 Å². The Balaban J connectivity index is 0.000000527. The number of allylic oxidation sites excluding steroid dienone is 1. The van der Waals surface area contributed by atoms with E-state index in [9.17, 15) is 9.59 Å². The highest BCUT2D eigenvalue weighted by molar-refractivity contribution is 5.83. The first-order valence-corrected chi connectivity index (χ1v) is 9.99. The van der Waals surface area contributed by atoms with Gasteiger partial charge in [-0.25, -0.2) is 5.84 Å². The molecule has 0 aromatic heterocycles. The van der Waals surface area contributed by atoms with E-state index in [0.717, 1.165) is 37.9 Å². The Bertz CT molecular complexity index is 523. The first-order chi connectivity index (χ1) is 12.5. The number of rotatable bonds is 6. The van der Waals surface area contributed by atoms with E-state index >= 15 is 0 Å². The highest BCUT2D eigenvalue weighted by Gasteiger charge is 2.40. The Morgan fingerprint density at radius 3 is 2.19 bits per heavy atom. The lowest BCUT2D eigenvalue weighted by molar-refractivity contribution is -0.140. The van der Waals surface area contributed by atoms with Crippen molar-refractivity contribution in [1.29, 1.82) is 0 Å². The zero-order valence-corrected chi connectivity index (χ0v) is 17.9. The molecule has 1 aliphatic heterocycles. The Morgan fingerprint density at radius 2 is 1.85 bits per heavy atom. The number of hydrogen-bond acceptors (Lipinski definition) is 5. The molecule has 0 spiro atoms. The van der Waals surface area contributed by atoms with E-state index in [-0.39, 0.29) is 23.4 Å². The standard InChI is InChI=1S/C16H30N4O.C4H9NO/c1-11-6-5-9-19(11)15(21)14(16(2,3)4)20(18)10-13(17)12-7-8-12;1-4(2)5-3-6/h10-12,14H,5-9,17-18H2,1-4H3;3-4H,1-2H3,(H,5,6)/b13-10-;. The first kappa shape index (κ1) is 23.3. The Morgan fingerprint density at radius 1 is 1.26 bits per heavy atom. The second-order valence-electron chi connectivity index (χ2n) is 9.08. The minimum absolute atomic E-state index is 0.120. The predicted molar refractivity (Wildman–Crippen MR) is 109 cm³/mol. The lowest BCUT2D eigenvalue weighted by Crippen LogP contribution is -2.56. The van der Waals surface area contributed by atoms with Crippen molar-refractivity contribution >= 4 is 12.3 Å². The maximum absolute atomic E-state index is 12.9. The van der Waals surface area contributed by atoms with Crippen molar-refractivity contribution < 1.29 is 9.59 Å². The van der Waals surface area contributed by atoms with Crippen molar-refractivity contribution in [3.8, 4) is 0 Å². The summed E-state index contributed by atoms with van der Waals surface area (Å²) >= 11 is 0. The lowest BCUT2D eigenvalue weighted by atomic mass is 9.85. The smallest absolute Gasteiger partial charge is 0.247 e. The molecule has 1 saturated carbocycles. The SMILES string of the molecule is CC(C)NC=O.CC1CCCN1C(=O)C(N(N)/C=C(\N)C1CC1)C(C)(C)C. The lowest BCUT2D eigenvalue weighted by Gasteiger charge is -2.39. The molecule has 27 heavy (non-hydrogen) atoms. The van der Waals surface area contributed by atoms with Gasteiger partial charge in [-0.15, -0.1) is 0 Å². The second kappa shape index (κ2) is 9.97. The van der Waals surface area contributed by atoms with Gasteiger partial charge in [-0.1, -0.05) is 20.8 Å². The molecule has 1 aliphatic carbocycles. The number of nitrogens with two attached hydrogens (primary N) is 2. The first-order valence-electron chi connectivity index (χ1n) is 9.99. The van der Waals surface area contributed by atoms with Crippen molar-refractivity contribution in [2.24, 2.45) is 22.9 Å². The number of carbonyl (C=O) groups excluding carboxylic acids is 2. The second-order valence-corrected chi connectivity index (χ2v) is 9.08. The summed E-state index contributed by atoms with van der Waals surface area (Å²) in [6, 6.07) is 0.207. The number of carbonyl (C=O) groups is 2. The molecule has 0 aromatic carbocycles. The van der Waals surface area contributed by atoms with Crippen LogP contribution in [0.5, 0.6) is 0 Å². The monoisotopic (exact) mass is 381 g/mol. The van der Waals surface area contributed by atoms with E-state index in [1.54, 1.807) is 11.2 Å². The van der Waals surface area contributed by atoms with Crippen LogP contribution < -0.4 is 16.9 Å². The number of hydrogen-bond donors (Lipinski definition) is 3. The van der Waals surface area contributed by atoms with Gasteiger partial charge < -0.3 is 21.0 Å². The highest BCUT2D eigenvalue weighted by Crippen LogP contribution is 2.34. The largest absolute Gasteiger partial charge is 0.401 e. The van der Waals surface area contributed by atoms with Crippen LogP contribution in [0.1, 0.15) is 67.2 Å². The average molecular weight is 382 g/mol. The molecule has 7 heteroatoms. The van der Waals surface area contributed by atoms with Gasteiger partial charge in [0.15, 0.2) is 0 Å². The summed E-state index contributed by atoms with van der Waals surface area (Å²) in [6.07, 6.45) is 6.89. The summed E-state index contributed by atoms with van der Waals surface area (Å²) in [4.78, 5) is 24.4. The number of nitrogens with zero attached hydrogens (tertiary/aromatic N) is 2. The summed E-state index contributed by atoms with van der Waals surface area (Å²) in [5.41, 5.74) is 6.61. The fourth-order valence-electron chi connectivity index (χ4n) is 3.27. The predicted octanol–water partition coefficient (Wildman–Crippen LogP) is 1.94. The molecule has 2 amide bonds. The van der Waals surface area contributed by atoms with E-state index in [2.05, 4.69) is 33.0 Å². The summed E-state index contributed by atoms with van der Waals surface area (Å²) in [6.45, 7) is 12.9. The van der Waals surface area contributed by atoms with E-state index < -0.39 is 0 Å². The number of hydrazine groups is 1. The van der Waals surface area contributed by atoms with Crippen LogP contribution in [-0.4, -0.2) is 46.9 Å². The minimum atomic E-state index is -0.379. The van der Waals surface area contributed by atoms with Crippen molar-refractivity contribution in [3.63, 3.8) is 0 Å². The third-order valence-electron chi connectivity index (χ3n) is 4.94. The van der Waals surface area contributed by atoms with Crippen LogP contribution in [0.2, 0.25) is 0 Å². The van der Waals surface area contributed by atoms with Crippen LogP contribution in [-0.2, 0) is 9.59 Å². The number of nitrogens with one attached hydrogen (secondary N) is 1. The summed E-state index contributed by atoms with van der Waals surface area (Å²) in [5.74, 6) is 6.79. The van der Waals surface area contributed by atoms with Crippen molar-refractivity contribution in [1.82, 2.24) is 15.2 Å². The van der Waals surface area contributed by atoms with Gasteiger partial charge in [-0.2, -0.15) is 0 Å². The van der Waals surface area contributed by atoms with Crippen LogP contribution in [0, 0.1) is 11.3 Å². The molecule has 0 aromatic rings. The van der Waals surface area contributed by atoms with Crippen molar-refractivity contribution in [3.05, 3.63) is 11.9 Å². The van der Waals surface area contributed by atoms with E-state index in [1.165, 1.54) is 0 Å². The van der Waals surface area contributed by atoms with Gasteiger partial charge in [0.2, 0.25) is 12.3 Å². The molecule has 156 valence electrons. The van der Waals surface area contributed by atoms with Crippen molar-refractivity contribution in [2.75, 3.05) is 6.54 Å². The fraction of sp³-hybridized carbons (Fsp3) is 0.800. The van der Waals surface area contributed by atoms with E-state index in [4.69, 9.17) is 11.6 Å². The zero-order valence-electron chi connectivity index (χ0n) is 17.9. The van der Waals surface area contributed by atoms with Gasteiger partial charge in [0, 0.05) is 36.4 Å². The van der Waals surface area contributed by atoms with Gasteiger partial charge in [0.05, 0.1) is 0 Å².